The largest absolute Gasteiger partial charge is 0.494 e. The van der Waals surface area contributed by atoms with Crippen LogP contribution in [0.15, 0.2) is 48.5 Å². The van der Waals surface area contributed by atoms with Crippen LogP contribution in [0.4, 0.5) is 0 Å². The van der Waals surface area contributed by atoms with Crippen LogP contribution in [0.5, 0.6) is 5.75 Å². The fraction of sp³-hybridized carbons (Fsp3) is 0.533. The maximum absolute atomic E-state index is 13.8. The molecule has 2 saturated carbocycles. The van der Waals surface area contributed by atoms with E-state index in [2.05, 4.69) is 29.2 Å². The topological polar surface area (TPSA) is 49.9 Å². The Morgan fingerprint density at radius 3 is 2.36 bits per heavy atom. The summed E-state index contributed by atoms with van der Waals surface area (Å²) in [4.78, 5) is 29.6. The smallest absolute Gasteiger partial charge is 0.254 e. The van der Waals surface area contributed by atoms with Gasteiger partial charge in [0.1, 0.15) is 5.75 Å². The van der Waals surface area contributed by atoms with Crippen molar-refractivity contribution in [2.45, 2.75) is 56.8 Å². The van der Waals surface area contributed by atoms with E-state index in [-0.39, 0.29) is 11.3 Å². The lowest BCUT2D eigenvalue weighted by Crippen LogP contribution is -2.49. The minimum Gasteiger partial charge on any atom is -0.494 e. The maximum Gasteiger partial charge on any atom is 0.254 e. The van der Waals surface area contributed by atoms with Crippen LogP contribution in [0.25, 0.3) is 0 Å². The summed E-state index contributed by atoms with van der Waals surface area (Å²) in [5, 5.41) is 0.418. The SMILES string of the molecule is CN(C)C(=O)c1ccc(OCCC2CC23CCN(C(=O)C2(c4ccccc4)CCCC2)CC3)cc1Cl. The van der Waals surface area contributed by atoms with Crippen LogP contribution in [0.1, 0.15) is 67.3 Å². The van der Waals surface area contributed by atoms with E-state index >= 15 is 0 Å². The first kappa shape index (κ1) is 25.1. The standard InChI is InChI=1S/C30H37ClN2O3/c1-32(2)27(34)25-11-10-24(20-26(25)31)36-19-12-23-21-29(23)15-17-33(18-16-29)28(35)30(13-6-7-14-30)22-8-4-3-5-9-22/h3-5,8-11,20,23H,6-7,12-19,21H2,1-2H3. The van der Waals surface area contributed by atoms with E-state index in [0.717, 1.165) is 58.0 Å². The molecule has 0 N–H and O–H groups in total. The van der Waals surface area contributed by atoms with Gasteiger partial charge in [0.2, 0.25) is 5.91 Å². The van der Waals surface area contributed by atoms with Gasteiger partial charge in [0.15, 0.2) is 0 Å². The number of nitrogens with zero attached hydrogens (tertiary/aromatic N) is 2. The van der Waals surface area contributed by atoms with Gasteiger partial charge in [0, 0.05) is 27.2 Å². The summed E-state index contributed by atoms with van der Waals surface area (Å²) in [5.74, 6) is 1.61. The molecule has 1 aliphatic heterocycles. The van der Waals surface area contributed by atoms with Gasteiger partial charge in [-0.15, -0.1) is 0 Å². The van der Waals surface area contributed by atoms with Gasteiger partial charge in [-0.2, -0.15) is 0 Å². The highest BCUT2D eigenvalue weighted by Crippen LogP contribution is 2.61. The second-order valence-corrected chi connectivity index (χ2v) is 11.6. The summed E-state index contributed by atoms with van der Waals surface area (Å²) >= 11 is 6.31. The minimum atomic E-state index is -0.309. The lowest BCUT2D eigenvalue weighted by molar-refractivity contribution is -0.139. The lowest BCUT2D eigenvalue weighted by atomic mass is 9.76. The number of carbonyl (C=O) groups excluding carboxylic acids is 2. The van der Waals surface area contributed by atoms with E-state index in [1.807, 2.05) is 12.1 Å². The molecule has 36 heavy (non-hydrogen) atoms. The molecule has 1 heterocycles. The van der Waals surface area contributed by atoms with Gasteiger partial charge in [-0.3, -0.25) is 9.59 Å². The average molecular weight is 509 g/mol. The highest BCUT2D eigenvalue weighted by atomic mass is 35.5. The van der Waals surface area contributed by atoms with Gasteiger partial charge < -0.3 is 14.5 Å². The molecule has 2 amide bonds. The van der Waals surface area contributed by atoms with Crippen molar-refractivity contribution in [3.8, 4) is 5.75 Å². The first-order valence-corrected chi connectivity index (χ1v) is 13.7. The first-order valence-electron chi connectivity index (χ1n) is 13.3. The third-order valence-electron chi connectivity index (χ3n) is 8.91. The molecule has 1 saturated heterocycles. The lowest BCUT2D eigenvalue weighted by Gasteiger charge is -2.39. The summed E-state index contributed by atoms with van der Waals surface area (Å²) in [6.07, 6.45) is 8.68. The summed E-state index contributed by atoms with van der Waals surface area (Å²) in [7, 11) is 3.43. The van der Waals surface area contributed by atoms with Crippen molar-refractivity contribution >= 4 is 23.4 Å². The van der Waals surface area contributed by atoms with Crippen LogP contribution in [0, 0.1) is 11.3 Å². The normalized spacial score (nSPS) is 21.9. The Hall–Kier alpha value is -2.53. The number of benzene rings is 2. The molecular formula is C30H37ClN2O3. The highest BCUT2D eigenvalue weighted by molar-refractivity contribution is 6.34. The number of hydrogen-bond donors (Lipinski definition) is 0. The van der Waals surface area contributed by atoms with Gasteiger partial charge in [0.05, 0.1) is 22.6 Å². The molecule has 192 valence electrons. The van der Waals surface area contributed by atoms with E-state index in [1.165, 1.54) is 16.9 Å². The van der Waals surface area contributed by atoms with E-state index < -0.39 is 0 Å². The zero-order chi connectivity index (χ0) is 25.3. The number of rotatable bonds is 7. The number of carbonyl (C=O) groups is 2. The molecule has 5 rings (SSSR count). The number of halogens is 1. The van der Waals surface area contributed by atoms with Crippen molar-refractivity contribution in [3.63, 3.8) is 0 Å². The van der Waals surface area contributed by atoms with Gasteiger partial charge in [-0.1, -0.05) is 54.8 Å². The molecule has 2 aromatic rings. The zero-order valence-electron chi connectivity index (χ0n) is 21.5. The van der Waals surface area contributed by atoms with Crippen LogP contribution >= 0.6 is 11.6 Å². The molecule has 0 aromatic heterocycles. The predicted molar refractivity (Wildman–Crippen MR) is 143 cm³/mol. The fourth-order valence-corrected chi connectivity index (χ4v) is 6.84. The molecule has 2 aliphatic carbocycles. The second kappa shape index (κ2) is 10.1. The molecule has 1 spiro atoms. The third kappa shape index (κ3) is 4.74. The van der Waals surface area contributed by atoms with Crippen LogP contribution < -0.4 is 4.74 Å². The fourth-order valence-electron chi connectivity index (χ4n) is 6.59. The maximum atomic E-state index is 13.8. The van der Waals surface area contributed by atoms with Gasteiger partial charge >= 0.3 is 0 Å². The molecule has 6 heteroatoms. The van der Waals surface area contributed by atoms with Crippen LogP contribution in [0.3, 0.4) is 0 Å². The Labute approximate surface area is 219 Å². The van der Waals surface area contributed by atoms with E-state index in [4.69, 9.17) is 16.3 Å². The predicted octanol–water partition coefficient (Wildman–Crippen LogP) is 5.95. The Bertz CT molecular complexity index is 1100. The zero-order valence-corrected chi connectivity index (χ0v) is 22.2. The van der Waals surface area contributed by atoms with Crippen molar-refractivity contribution < 1.29 is 14.3 Å². The van der Waals surface area contributed by atoms with Crippen molar-refractivity contribution in [1.82, 2.24) is 9.80 Å². The average Bonchev–Trinajstić information content (AvgIpc) is 3.31. The number of hydrogen-bond acceptors (Lipinski definition) is 3. The second-order valence-electron chi connectivity index (χ2n) is 11.2. The Kier molecular flexibility index (Phi) is 7.04. The minimum absolute atomic E-state index is 0.112. The Morgan fingerprint density at radius 2 is 1.72 bits per heavy atom. The van der Waals surface area contributed by atoms with Crippen molar-refractivity contribution in [2.24, 2.45) is 11.3 Å². The highest BCUT2D eigenvalue weighted by Gasteiger charge is 2.55. The quantitative estimate of drug-likeness (QED) is 0.464. The molecule has 1 unspecified atom stereocenters. The molecule has 5 nitrogen and oxygen atoms in total. The van der Waals surface area contributed by atoms with Gasteiger partial charge in [-0.25, -0.2) is 0 Å². The van der Waals surface area contributed by atoms with Gasteiger partial charge in [0.25, 0.3) is 5.91 Å². The summed E-state index contributed by atoms with van der Waals surface area (Å²) in [6, 6.07) is 15.7. The van der Waals surface area contributed by atoms with Crippen molar-refractivity contribution in [2.75, 3.05) is 33.8 Å². The van der Waals surface area contributed by atoms with Gasteiger partial charge in [-0.05, 0) is 73.6 Å². The molecule has 1 atom stereocenters. The number of ether oxygens (including phenoxy) is 1. The van der Waals surface area contributed by atoms with Crippen molar-refractivity contribution in [3.05, 3.63) is 64.7 Å². The van der Waals surface area contributed by atoms with Crippen LogP contribution in [-0.2, 0) is 10.2 Å². The molecule has 2 aromatic carbocycles. The van der Waals surface area contributed by atoms with E-state index in [9.17, 15) is 9.59 Å². The molecule has 3 fully saturated rings. The monoisotopic (exact) mass is 508 g/mol. The number of likely N-dealkylation sites (tertiary alicyclic amines) is 1. The van der Waals surface area contributed by atoms with Crippen LogP contribution in [0.2, 0.25) is 5.02 Å². The van der Waals surface area contributed by atoms with Crippen LogP contribution in [-0.4, -0.2) is 55.4 Å². The number of amides is 2. The first-order chi connectivity index (χ1) is 17.3. The summed E-state index contributed by atoms with van der Waals surface area (Å²) in [5.41, 5.74) is 1.77. The summed E-state index contributed by atoms with van der Waals surface area (Å²) < 4.78 is 5.98. The van der Waals surface area contributed by atoms with E-state index in [0.29, 0.717) is 40.2 Å². The molecule has 0 radical (unpaired) electrons. The molecule has 3 aliphatic rings. The van der Waals surface area contributed by atoms with Crippen molar-refractivity contribution in [1.29, 1.82) is 0 Å². The Morgan fingerprint density at radius 1 is 1.03 bits per heavy atom. The third-order valence-corrected chi connectivity index (χ3v) is 9.22. The molecule has 0 bridgehead atoms. The summed E-state index contributed by atoms with van der Waals surface area (Å²) in [6.45, 7) is 2.40. The Balaban J connectivity index is 1.12. The number of piperidine rings is 1. The van der Waals surface area contributed by atoms with E-state index in [1.54, 1.807) is 26.2 Å². The molecular weight excluding hydrogens is 472 g/mol.